The quantitative estimate of drug-likeness (QED) is 0.675. The van der Waals surface area contributed by atoms with Gasteiger partial charge in [0.05, 0.1) is 5.57 Å². The lowest BCUT2D eigenvalue weighted by Gasteiger charge is -2.12. The van der Waals surface area contributed by atoms with Gasteiger partial charge in [-0.3, -0.25) is 0 Å². The van der Waals surface area contributed by atoms with E-state index in [1.54, 1.807) is 0 Å². The Morgan fingerprint density at radius 3 is 1.93 bits per heavy atom. The number of rotatable bonds is 1. The van der Waals surface area contributed by atoms with Crippen LogP contribution in [0.3, 0.4) is 0 Å². The fraction of sp³-hybridized carbons (Fsp3) is 0.111. The highest BCUT2D eigenvalue weighted by Crippen LogP contribution is 2.39. The van der Waals surface area contributed by atoms with Crippen LogP contribution in [0.15, 0.2) is 24.8 Å². The molecule has 0 unspecified atom stereocenters. The zero-order valence-corrected chi connectivity index (χ0v) is 8.34. The number of allylic oxidation sites excluding steroid dienone is 1. The summed E-state index contributed by atoms with van der Waals surface area (Å²) in [6.07, 6.45) is -4.52. The van der Waals surface area contributed by atoms with Gasteiger partial charge < -0.3 is 0 Å². The first kappa shape index (κ1) is 11.4. The maximum absolute atomic E-state index is 12.3. The minimum absolute atomic E-state index is 0.0557. The summed E-state index contributed by atoms with van der Waals surface area (Å²) in [5.74, 6) is 0. The molecule has 0 saturated heterocycles. The lowest BCUT2D eigenvalue weighted by molar-refractivity contribution is -0.0686. The number of alkyl halides is 3. The molecule has 0 spiro atoms. The Labute approximate surface area is 88.9 Å². The van der Waals surface area contributed by atoms with Crippen LogP contribution in [-0.4, -0.2) is 6.18 Å². The summed E-state index contributed by atoms with van der Waals surface area (Å²) >= 11 is 11.2. The third-order valence-electron chi connectivity index (χ3n) is 1.61. The molecule has 0 amide bonds. The smallest absolute Gasteiger partial charge is 0.166 e. The second kappa shape index (κ2) is 3.83. The summed E-state index contributed by atoms with van der Waals surface area (Å²) in [7, 11) is 0. The normalized spacial score (nSPS) is 11.5. The Morgan fingerprint density at radius 1 is 1.14 bits per heavy atom. The Balaban J connectivity index is 3.26. The van der Waals surface area contributed by atoms with Gasteiger partial charge in [0, 0.05) is 15.6 Å². The van der Waals surface area contributed by atoms with Crippen molar-refractivity contribution in [3.8, 4) is 0 Å². The number of hydrogen-bond acceptors (Lipinski definition) is 0. The van der Waals surface area contributed by atoms with E-state index in [9.17, 15) is 13.2 Å². The van der Waals surface area contributed by atoms with E-state index in [1.807, 2.05) is 0 Å². The monoisotopic (exact) mass is 240 g/mol. The van der Waals surface area contributed by atoms with Gasteiger partial charge in [-0.15, -0.1) is 0 Å². The minimum Gasteiger partial charge on any atom is -0.166 e. The maximum Gasteiger partial charge on any atom is 0.416 e. The first-order valence-corrected chi connectivity index (χ1v) is 4.30. The van der Waals surface area contributed by atoms with Gasteiger partial charge in [-0.2, -0.15) is 13.2 Å². The molecule has 0 nitrogen and oxygen atoms in total. The molecule has 1 aromatic rings. The van der Waals surface area contributed by atoms with Gasteiger partial charge >= 0.3 is 6.18 Å². The Morgan fingerprint density at radius 2 is 1.57 bits per heavy atom. The highest BCUT2D eigenvalue weighted by Gasteiger charge is 2.35. The number of halogens is 5. The Bertz CT molecular complexity index is 349. The summed E-state index contributed by atoms with van der Waals surface area (Å²) < 4.78 is 36.8. The lowest BCUT2D eigenvalue weighted by atomic mass is 10.1. The van der Waals surface area contributed by atoms with Crippen molar-refractivity contribution in [1.29, 1.82) is 0 Å². The van der Waals surface area contributed by atoms with Crippen LogP contribution in [0.2, 0.25) is 10.0 Å². The highest BCUT2D eigenvalue weighted by atomic mass is 35.5. The predicted molar refractivity (Wildman–Crippen MR) is 51.6 cm³/mol. The summed E-state index contributed by atoms with van der Waals surface area (Å²) in [4.78, 5) is 0. The molecule has 0 radical (unpaired) electrons. The molecule has 1 rings (SSSR count). The minimum atomic E-state index is -4.52. The fourth-order valence-electron chi connectivity index (χ4n) is 0.928. The molecule has 0 aliphatic carbocycles. The molecule has 0 aromatic heterocycles. The van der Waals surface area contributed by atoms with Gasteiger partial charge in [0.15, 0.2) is 0 Å². The van der Waals surface area contributed by atoms with E-state index < -0.39 is 11.7 Å². The van der Waals surface area contributed by atoms with Crippen molar-refractivity contribution >= 4 is 28.8 Å². The summed E-state index contributed by atoms with van der Waals surface area (Å²) in [6.45, 7) is 2.92. The average Bonchev–Trinajstić information content (AvgIpc) is 2.01. The second-order valence-corrected chi connectivity index (χ2v) is 3.39. The van der Waals surface area contributed by atoms with E-state index in [-0.39, 0.29) is 15.6 Å². The molecule has 0 N–H and O–H groups in total. The molecule has 14 heavy (non-hydrogen) atoms. The van der Waals surface area contributed by atoms with E-state index in [4.69, 9.17) is 23.2 Å². The molecule has 0 saturated carbocycles. The van der Waals surface area contributed by atoms with Gasteiger partial charge in [0.2, 0.25) is 0 Å². The molecule has 5 heteroatoms. The van der Waals surface area contributed by atoms with Crippen LogP contribution in [0.1, 0.15) is 5.56 Å². The van der Waals surface area contributed by atoms with Crippen molar-refractivity contribution in [1.82, 2.24) is 0 Å². The van der Waals surface area contributed by atoms with Crippen molar-refractivity contribution in [2.75, 3.05) is 0 Å². The summed E-state index contributed by atoms with van der Waals surface area (Å²) in [5.41, 5.74) is -1.29. The number of benzene rings is 1. The van der Waals surface area contributed by atoms with Crippen LogP contribution in [0.4, 0.5) is 13.2 Å². The molecule has 0 heterocycles. The molecule has 0 bridgehead atoms. The van der Waals surface area contributed by atoms with Gasteiger partial charge in [-0.25, -0.2) is 0 Å². The third kappa shape index (κ3) is 2.22. The second-order valence-electron chi connectivity index (χ2n) is 2.57. The zero-order chi connectivity index (χ0) is 10.9. The predicted octanol–water partition coefficient (Wildman–Crippen LogP) is 4.57. The van der Waals surface area contributed by atoms with Gasteiger partial charge in [-0.1, -0.05) is 35.8 Å². The maximum atomic E-state index is 12.3. The molecule has 0 aliphatic rings. The van der Waals surface area contributed by atoms with Crippen molar-refractivity contribution in [2.45, 2.75) is 6.18 Å². The summed E-state index contributed by atoms with van der Waals surface area (Å²) in [6, 6.07) is 4.14. The first-order valence-electron chi connectivity index (χ1n) is 3.54. The van der Waals surface area contributed by atoms with Crippen LogP contribution in [0, 0.1) is 0 Å². The zero-order valence-electron chi connectivity index (χ0n) is 6.83. The number of hydrogen-bond donors (Lipinski definition) is 0. The van der Waals surface area contributed by atoms with Crippen molar-refractivity contribution in [2.24, 2.45) is 0 Å². The molecule has 1 aromatic carbocycles. The van der Waals surface area contributed by atoms with E-state index in [0.29, 0.717) is 0 Å². The van der Waals surface area contributed by atoms with E-state index in [1.165, 1.54) is 18.2 Å². The van der Waals surface area contributed by atoms with Crippen LogP contribution < -0.4 is 0 Å². The van der Waals surface area contributed by atoms with Gasteiger partial charge in [-0.05, 0) is 12.1 Å². The lowest BCUT2D eigenvalue weighted by Crippen LogP contribution is -2.10. The fourth-order valence-corrected chi connectivity index (χ4v) is 1.55. The van der Waals surface area contributed by atoms with Crippen molar-refractivity contribution in [3.63, 3.8) is 0 Å². The Hall–Kier alpha value is -0.670. The largest absolute Gasteiger partial charge is 0.416 e. The van der Waals surface area contributed by atoms with Crippen LogP contribution in [0.5, 0.6) is 0 Å². The molecule has 0 atom stereocenters. The molecule has 76 valence electrons. The standard InChI is InChI=1S/C9H5Cl2F3/c1-5(9(12,13)14)8-6(10)3-2-4-7(8)11/h2-4H,1H2. The Kier molecular flexibility index (Phi) is 3.12. The van der Waals surface area contributed by atoms with Gasteiger partial charge in [0.1, 0.15) is 0 Å². The molecule has 0 aliphatic heterocycles. The molecular weight excluding hydrogens is 236 g/mol. The van der Waals surface area contributed by atoms with E-state index >= 15 is 0 Å². The SMILES string of the molecule is C=C(c1c(Cl)cccc1Cl)C(F)(F)F. The van der Waals surface area contributed by atoms with Gasteiger partial charge in [0.25, 0.3) is 0 Å². The topological polar surface area (TPSA) is 0 Å². The highest BCUT2D eigenvalue weighted by molar-refractivity contribution is 6.37. The molecule has 0 fully saturated rings. The summed E-state index contributed by atoms with van der Waals surface area (Å²) in [5, 5.41) is -0.111. The van der Waals surface area contributed by atoms with Crippen LogP contribution in [0.25, 0.3) is 5.57 Å². The molecular formula is C9H5Cl2F3. The van der Waals surface area contributed by atoms with Crippen LogP contribution in [-0.2, 0) is 0 Å². The van der Waals surface area contributed by atoms with E-state index in [0.717, 1.165) is 0 Å². The van der Waals surface area contributed by atoms with Crippen molar-refractivity contribution in [3.05, 3.63) is 40.4 Å². The average molecular weight is 241 g/mol. The van der Waals surface area contributed by atoms with Crippen molar-refractivity contribution < 1.29 is 13.2 Å². The first-order chi connectivity index (χ1) is 6.34. The third-order valence-corrected chi connectivity index (χ3v) is 2.24. The van der Waals surface area contributed by atoms with E-state index in [2.05, 4.69) is 6.58 Å². The van der Waals surface area contributed by atoms with Crippen LogP contribution >= 0.6 is 23.2 Å².